The SMILES string of the molecule is C[C@@H]1CN(C(=O)c2ccc(C#CCO)c(Cl)c2)C[C@H](C)O1. The van der Waals surface area contributed by atoms with Crippen molar-refractivity contribution in [2.45, 2.75) is 26.1 Å². The molecule has 2 atom stereocenters. The molecule has 1 aliphatic rings. The van der Waals surface area contributed by atoms with Crippen LogP contribution >= 0.6 is 11.6 Å². The average molecular weight is 308 g/mol. The van der Waals surface area contributed by atoms with Gasteiger partial charge in [-0.25, -0.2) is 0 Å². The van der Waals surface area contributed by atoms with Gasteiger partial charge in [-0.3, -0.25) is 4.79 Å². The molecule has 1 fully saturated rings. The summed E-state index contributed by atoms with van der Waals surface area (Å²) < 4.78 is 5.63. The van der Waals surface area contributed by atoms with Gasteiger partial charge >= 0.3 is 0 Å². The molecule has 0 unspecified atom stereocenters. The number of hydrogen-bond donors (Lipinski definition) is 1. The van der Waals surface area contributed by atoms with Gasteiger partial charge in [-0.05, 0) is 32.0 Å². The standard InChI is InChI=1S/C16H18ClNO3/c1-11-9-18(10-12(2)21-11)16(20)14-6-5-13(4-3-7-19)15(17)8-14/h5-6,8,11-12,19H,7,9-10H2,1-2H3/t11-,12+. The third kappa shape index (κ3) is 3.98. The van der Waals surface area contributed by atoms with Crippen LogP contribution in [0.3, 0.4) is 0 Å². The summed E-state index contributed by atoms with van der Waals surface area (Å²) in [5.41, 5.74) is 1.14. The lowest BCUT2D eigenvalue weighted by Gasteiger charge is -2.35. The zero-order valence-corrected chi connectivity index (χ0v) is 12.9. The molecule has 1 aromatic carbocycles. The van der Waals surface area contributed by atoms with E-state index in [0.717, 1.165) is 0 Å². The summed E-state index contributed by atoms with van der Waals surface area (Å²) in [6.45, 7) is 4.84. The highest BCUT2D eigenvalue weighted by atomic mass is 35.5. The molecule has 1 saturated heterocycles. The van der Waals surface area contributed by atoms with Crippen molar-refractivity contribution in [1.82, 2.24) is 4.90 Å². The molecule has 0 spiro atoms. The summed E-state index contributed by atoms with van der Waals surface area (Å²) in [6, 6.07) is 5.03. The number of benzene rings is 1. The van der Waals surface area contributed by atoms with Crippen LogP contribution in [0.4, 0.5) is 0 Å². The highest BCUT2D eigenvalue weighted by Gasteiger charge is 2.26. The number of rotatable bonds is 1. The second kappa shape index (κ2) is 6.95. The number of carbonyl (C=O) groups is 1. The number of halogens is 1. The van der Waals surface area contributed by atoms with E-state index >= 15 is 0 Å². The van der Waals surface area contributed by atoms with E-state index < -0.39 is 0 Å². The highest BCUT2D eigenvalue weighted by molar-refractivity contribution is 6.32. The van der Waals surface area contributed by atoms with Gasteiger partial charge in [-0.15, -0.1) is 0 Å². The number of morpholine rings is 1. The van der Waals surface area contributed by atoms with Gasteiger partial charge in [-0.2, -0.15) is 0 Å². The predicted molar refractivity (Wildman–Crippen MR) is 81.3 cm³/mol. The smallest absolute Gasteiger partial charge is 0.254 e. The minimum atomic E-state index is -0.222. The van der Waals surface area contributed by atoms with Crippen molar-refractivity contribution in [3.63, 3.8) is 0 Å². The number of hydrogen-bond acceptors (Lipinski definition) is 3. The van der Waals surface area contributed by atoms with E-state index in [1.54, 1.807) is 23.1 Å². The van der Waals surface area contributed by atoms with Crippen LogP contribution in [0.5, 0.6) is 0 Å². The molecule has 112 valence electrons. The van der Waals surface area contributed by atoms with E-state index in [0.29, 0.717) is 29.2 Å². The van der Waals surface area contributed by atoms with Gasteiger partial charge in [0.15, 0.2) is 0 Å². The molecule has 0 aromatic heterocycles. The van der Waals surface area contributed by atoms with Crippen LogP contribution in [0.2, 0.25) is 5.02 Å². The number of nitrogens with zero attached hydrogens (tertiary/aromatic N) is 1. The van der Waals surface area contributed by atoms with Crippen LogP contribution in [0.1, 0.15) is 29.8 Å². The number of aliphatic hydroxyl groups is 1. The molecular weight excluding hydrogens is 290 g/mol. The summed E-state index contributed by atoms with van der Waals surface area (Å²) in [7, 11) is 0. The van der Waals surface area contributed by atoms with Crippen molar-refractivity contribution in [2.24, 2.45) is 0 Å². The zero-order valence-electron chi connectivity index (χ0n) is 12.1. The molecule has 1 heterocycles. The second-order valence-electron chi connectivity index (χ2n) is 5.12. The van der Waals surface area contributed by atoms with Crippen LogP contribution in [-0.2, 0) is 4.74 Å². The molecule has 1 N–H and O–H groups in total. The Hall–Kier alpha value is -1.54. The minimum Gasteiger partial charge on any atom is -0.384 e. The molecule has 0 radical (unpaired) electrons. The first kappa shape index (κ1) is 15.8. The Morgan fingerprint density at radius 2 is 2.10 bits per heavy atom. The average Bonchev–Trinajstić information content (AvgIpc) is 2.44. The van der Waals surface area contributed by atoms with Crippen molar-refractivity contribution in [1.29, 1.82) is 0 Å². The van der Waals surface area contributed by atoms with Crippen molar-refractivity contribution >= 4 is 17.5 Å². The summed E-state index contributed by atoms with van der Waals surface area (Å²) in [4.78, 5) is 14.3. The number of amides is 1. The van der Waals surface area contributed by atoms with Crippen LogP contribution in [0.15, 0.2) is 18.2 Å². The van der Waals surface area contributed by atoms with Gasteiger partial charge in [0.2, 0.25) is 0 Å². The lowest BCUT2D eigenvalue weighted by atomic mass is 10.1. The van der Waals surface area contributed by atoms with Gasteiger partial charge in [0.1, 0.15) is 6.61 Å². The normalized spacial score (nSPS) is 21.6. The van der Waals surface area contributed by atoms with Crippen molar-refractivity contribution in [2.75, 3.05) is 19.7 Å². The Labute approximate surface area is 129 Å². The minimum absolute atomic E-state index is 0.0304. The van der Waals surface area contributed by atoms with Gasteiger partial charge in [0, 0.05) is 24.2 Å². The van der Waals surface area contributed by atoms with E-state index in [9.17, 15) is 4.79 Å². The van der Waals surface area contributed by atoms with Crippen LogP contribution < -0.4 is 0 Å². The molecule has 1 amide bonds. The fourth-order valence-electron chi connectivity index (χ4n) is 2.41. The molecule has 0 saturated carbocycles. The number of aliphatic hydroxyl groups excluding tert-OH is 1. The second-order valence-corrected chi connectivity index (χ2v) is 5.53. The highest BCUT2D eigenvalue weighted by Crippen LogP contribution is 2.20. The third-order valence-electron chi connectivity index (χ3n) is 3.22. The van der Waals surface area contributed by atoms with E-state index in [4.69, 9.17) is 21.4 Å². The molecule has 4 nitrogen and oxygen atoms in total. The largest absolute Gasteiger partial charge is 0.384 e. The summed E-state index contributed by atoms with van der Waals surface area (Å²) in [5.74, 6) is 5.23. The molecule has 1 aromatic rings. The van der Waals surface area contributed by atoms with E-state index in [1.165, 1.54) is 0 Å². The Bertz CT molecular complexity index is 581. The quantitative estimate of drug-likeness (QED) is 0.807. The van der Waals surface area contributed by atoms with E-state index in [2.05, 4.69) is 11.8 Å². The summed E-state index contributed by atoms with van der Waals surface area (Å²) in [6.07, 6.45) is 0.0609. The maximum absolute atomic E-state index is 12.5. The molecule has 0 aliphatic carbocycles. The molecule has 5 heteroatoms. The molecule has 1 aliphatic heterocycles. The maximum atomic E-state index is 12.5. The first-order valence-electron chi connectivity index (χ1n) is 6.85. The van der Waals surface area contributed by atoms with Crippen molar-refractivity contribution < 1.29 is 14.6 Å². The fraction of sp³-hybridized carbons (Fsp3) is 0.438. The maximum Gasteiger partial charge on any atom is 0.254 e. The zero-order chi connectivity index (χ0) is 15.4. The van der Waals surface area contributed by atoms with Crippen LogP contribution in [0, 0.1) is 11.8 Å². The Morgan fingerprint density at radius 1 is 1.43 bits per heavy atom. The van der Waals surface area contributed by atoms with E-state index in [-0.39, 0.29) is 24.7 Å². The molecule has 0 bridgehead atoms. The number of ether oxygens (including phenoxy) is 1. The topological polar surface area (TPSA) is 49.8 Å². The van der Waals surface area contributed by atoms with E-state index in [1.807, 2.05) is 13.8 Å². The first-order chi connectivity index (χ1) is 10.0. The Kier molecular flexibility index (Phi) is 5.24. The Morgan fingerprint density at radius 3 is 2.67 bits per heavy atom. The van der Waals surface area contributed by atoms with Gasteiger partial charge in [0.05, 0.1) is 17.2 Å². The first-order valence-corrected chi connectivity index (χ1v) is 7.23. The van der Waals surface area contributed by atoms with Gasteiger partial charge in [0.25, 0.3) is 5.91 Å². The van der Waals surface area contributed by atoms with Crippen molar-refractivity contribution in [3.05, 3.63) is 34.3 Å². The van der Waals surface area contributed by atoms with Gasteiger partial charge < -0.3 is 14.7 Å². The molecule has 2 rings (SSSR count). The predicted octanol–water partition coefficient (Wildman–Crippen LogP) is 1.93. The van der Waals surface area contributed by atoms with Crippen LogP contribution in [-0.4, -0.2) is 47.8 Å². The molecular formula is C16H18ClNO3. The fourth-order valence-corrected chi connectivity index (χ4v) is 2.64. The summed E-state index contributed by atoms with van der Waals surface area (Å²) in [5, 5.41) is 9.10. The van der Waals surface area contributed by atoms with Crippen molar-refractivity contribution in [3.8, 4) is 11.8 Å². The monoisotopic (exact) mass is 307 g/mol. The summed E-state index contributed by atoms with van der Waals surface area (Å²) >= 11 is 6.13. The number of carbonyl (C=O) groups excluding carboxylic acids is 1. The lowest BCUT2D eigenvalue weighted by molar-refractivity contribution is -0.0586. The van der Waals surface area contributed by atoms with Crippen LogP contribution in [0.25, 0.3) is 0 Å². The Balaban J connectivity index is 2.18. The molecule has 21 heavy (non-hydrogen) atoms. The van der Waals surface area contributed by atoms with Gasteiger partial charge in [-0.1, -0.05) is 23.4 Å². The lowest BCUT2D eigenvalue weighted by Crippen LogP contribution is -2.48. The third-order valence-corrected chi connectivity index (χ3v) is 3.54.